The Bertz CT molecular complexity index is 742. The van der Waals surface area contributed by atoms with Gasteiger partial charge in [-0.25, -0.2) is 18.7 Å². The van der Waals surface area contributed by atoms with Crippen molar-refractivity contribution >= 4 is 0 Å². The Kier molecular flexibility index (Phi) is 3.63. The molecule has 1 aromatic carbocycles. The van der Waals surface area contributed by atoms with E-state index in [0.717, 1.165) is 11.3 Å². The average Bonchev–Trinajstić information content (AvgIpc) is 2.52. The normalized spacial score (nSPS) is 10.7. The van der Waals surface area contributed by atoms with Gasteiger partial charge in [0.25, 0.3) is 0 Å². The molecule has 0 aliphatic carbocycles. The van der Waals surface area contributed by atoms with E-state index in [1.165, 1.54) is 18.3 Å². The molecule has 0 aliphatic rings. The van der Waals surface area contributed by atoms with Crippen LogP contribution < -0.4 is 0 Å². The van der Waals surface area contributed by atoms with Gasteiger partial charge >= 0.3 is 0 Å². The van der Waals surface area contributed by atoms with Crippen molar-refractivity contribution in [3.05, 3.63) is 65.7 Å². The zero-order valence-corrected chi connectivity index (χ0v) is 12.1. The van der Waals surface area contributed by atoms with E-state index in [2.05, 4.69) is 15.0 Å². The Hall–Kier alpha value is -2.69. The topological polar surface area (TPSA) is 38.7 Å². The van der Waals surface area contributed by atoms with E-state index in [0.29, 0.717) is 5.56 Å². The molecule has 2 aromatic heterocycles. The number of hydrogen-bond donors (Lipinski definition) is 0. The molecule has 2 heterocycles. The molecule has 22 heavy (non-hydrogen) atoms. The fourth-order valence-electron chi connectivity index (χ4n) is 2.10. The maximum absolute atomic E-state index is 14.4. The van der Waals surface area contributed by atoms with Crippen LogP contribution in [0.4, 0.5) is 8.78 Å². The third-order valence-electron chi connectivity index (χ3n) is 3.33. The van der Waals surface area contributed by atoms with Gasteiger partial charge in [0.15, 0.2) is 17.5 Å². The van der Waals surface area contributed by atoms with Gasteiger partial charge in [0.2, 0.25) is 0 Å². The molecule has 0 atom stereocenters. The number of aryl methyl sites for hydroxylation is 2. The Morgan fingerprint density at radius 1 is 0.727 bits per heavy atom. The Labute approximate surface area is 126 Å². The minimum absolute atomic E-state index is 0.0429. The minimum atomic E-state index is -0.957. The van der Waals surface area contributed by atoms with Crippen LogP contribution in [0.1, 0.15) is 11.3 Å². The maximum atomic E-state index is 14.4. The highest BCUT2D eigenvalue weighted by atomic mass is 19.2. The summed E-state index contributed by atoms with van der Waals surface area (Å²) in [4.78, 5) is 12.2. The van der Waals surface area contributed by atoms with E-state index >= 15 is 0 Å². The molecule has 3 rings (SSSR count). The highest BCUT2D eigenvalue weighted by molar-refractivity contribution is 5.68. The number of aromatic nitrogens is 3. The lowest BCUT2D eigenvalue weighted by Crippen LogP contribution is -1.97. The van der Waals surface area contributed by atoms with E-state index in [-0.39, 0.29) is 17.0 Å². The Morgan fingerprint density at radius 3 is 2.00 bits per heavy atom. The molecule has 0 fully saturated rings. The van der Waals surface area contributed by atoms with Crippen LogP contribution in [0.5, 0.6) is 0 Å². The van der Waals surface area contributed by atoms with E-state index in [9.17, 15) is 8.78 Å². The van der Waals surface area contributed by atoms with Crippen LogP contribution in [0.15, 0.2) is 42.9 Å². The average molecular weight is 297 g/mol. The first-order chi connectivity index (χ1) is 10.6. The molecular formula is C17H13F2N3. The van der Waals surface area contributed by atoms with Crippen molar-refractivity contribution in [2.75, 3.05) is 0 Å². The second kappa shape index (κ2) is 5.60. The summed E-state index contributed by atoms with van der Waals surface area (Å²) in [6, 6.07) is 6.47. The number of benzene rings is 1. The summed E-state index contributed by atoms with van der Waals surface area (Å²) in [6.07, 6.45) is 4.66. The highest BCUT2D eigenvalue weighted by Crippen LogP contribution is 2.29. The van der Waals surface area contributed by atoms with Crippen LogP contribution in [-0.4, -0.2) is 15.0 Å². The maximum Gasteiger partial charge on any atom is 0.170 e. The van der Waals surface area contributed by atoms with E-state index in [1.54, 1.807) is 24.5 Å². The first kappa shape index (κ1) is 14.3. The predicted octanol–water partition coefficient (Wildman–Crippen LogP) is 4.10. The predicted molar refractivity (Wildman–Crippen MR) is 80.1 cm³/mol. The second-order valence-corrected chi connectivity index (χ2v) is 5.06. The molecule has 0 radical (unpaired) electrons. The van der Waals surface area contributed by atoms with Gasteiger partial charge in [0.1, 0.15) is 0 Å². The van der Waals surface area contributed by atoms with Crippen LogP contribution >= 0.6 is 0 Å². The van der Waals surface area contributed by atoms with Gasteiger partial charge in [-0.1, -0.05) is 12.1 Å². The van der Waals surface area contributed by atoms with E-state index in [1.807, 2.05) is 13.8 Å². The Balaban J connectivity index is 2.08. The largest absolute Gasteiger partial charge is 0.261 e. The fourth-order valence-corrected chi connectivity index (χ4v) is 2.10. The van der Waals surface area contributed by atoms with Gasteiger partial charge in [0, 0.05) is 35.4 Å². The molecule has 3 nitrogen and oxygen atoms in total. The number of pyridine rings is 1. The van der Waals surface area contributed by atoms with Gasteiger partial charge in [0.05, 0.1) is 5.56 Å². The van der Waals surface area contributed by atoms with Gasteiger partial charge in [-0.3, -0.25) is 4.98 Å². The zero-order valence-electron chi connectivity index (χ0n) is 12.1. The third-order valence-corrected chi connectivity index (χ3v) is 3.33. The van der Waals surface area contributed by atoms with Gasteiger partial charge in [-0.15, -0.1) is 0 Å². The summed E-state index contributed by atoms with van der Waals surface area (Å²) in [7, 11) is 0. The van der Waals surface area contributed by atoms with Crippen molar-refractivity contribution in [1.29, 1.82) is 0 Å². The SMILES string of the molecule is Cc1cnc(-c2ccc(-c3ccc(C)nc3)c(F)c2F)nc1. The number of hydrogen-bond acceptors (Lipinski definition) is 3. The summed E-state index contributed by atoms with van der Waals surface area (Å²) in [5, 5.41) is 0. The molecule has 0 aliphatic heterocycles. The van der Waals surface area contributed by atoms with Crippen molar-refractivity contribution in [3.63, 3.8) is 0 Å². The van der Waals surface area contributed by atoms with Crippen LogP contribution in [0.2, 0.25) is 0 Å². The molecular weight excluding hydrogens is 284 g/mol. The molecule has 3 aromatic rings. The number of nitrogens with zero attached hydrogens (tertiary/aromatic N) is 3. The number of halogens is 2. The standard InChI is InChI=1S/C17H13F2N3/c1-10-7-21-17(22-8-10)14-6-5-13(15(18)16(14)19)12-4-3-11(2)20-9-12/h3-9H,1-2H3. The minimum Gasteiger partial charge on any atom is -0.261 e. The molecule has 0 saturated heterocycles. The van der Waals surface area contributed by atoms with Crippen LogP contribution in [-0.2, 0) is 0 Å². The lowest BCUT2D eigenvalue weighted by Gasteiger charge is -2.08. The lowest BCUT2D eigenvalue weighted by molar-refractivity contribution is 0.513. The van der Waals surface area contributed by atoms with Crippen LogP contribution in [0, 0.1) is 25.5 Å². The molecule has 0 spiro atoms. The monoisotopic (exact) mass is 297 g/mol. The molecule has 0 unspecified atom stereocenters. The third kappa shape index (κ3) is 2.57. The molecule has 0 saturated carbocycles. The fraction of sp³-hybridized carbons (Fsp3) is 0.118. The quantitative estimate of drug-likeness (QED) is 0.715. The second-order valence-electron chi connectivity index (χ2n) is 5.06. The summed E-state index contributed by atoms with van der Waals surface area (Å²) >= 11 is 0. The van der Waals surface area contributed by atoms with Crippen molar-refractivity contribution in [1.82, 2.24) is 15.0 Å². The molecule has 110 valence electrons. The van der Waals surface area contributed by atoms with Gasteiger partial charge in [-0.05, 0) is 31.5 Å². The number of rotatable bonds is 2. The molecule has 0 bridgehead atoms. The summed E-state index contributed by atoms with van der Waals surface area (Å²) in [5.74, 6) is -1.72. The Morgan fingerprint density at radius 2 is 1.36 bits per heavy atom. The van der Waals surface area contributed by atoms with E-state index < -0.39 is 11.6 Å². The van der Waals surface area contributed by atoms with Gasteiger partial charge < -0.3 is 0 Å². The summed E-state index contributed by atoms with van der Waals surface area (Å²) in [5.41, 5.74) is 2.40. The molecule has 0 amide bonds. The first-order valence-electron chi connectivity index (χ1n) is 6.76. The van der Waals surface area contributed by atoms with Crippen molar-refractivity contribution in [2.24, 2.45) is 0 Å². The molecule has 5 heteroatoms. The zero-order chi connectivity index (χ0) is 15.7. The highest BCUT2D eigenvalue weighted by Gasteiger charge is 2.17. The molecule has 0 N–H and O–H groups in total. The van der Waals surface area contributed by atoms with Crippen molar-refractivity contribution < 1.29 is 8.78 Å². The smallest absolute Gasteiger partial charge is 0.170 e. The summed E-state index contributed by atoms with van der Waals surface area (Å²) < 4.78 is 28.7. The van der Waals surface area contributed by atoms with Crippen molar-refractivity contribution in [3.8, 4) is 22.5 Å². The summed E-state index contributed by atoms with van der Waals surface area (Å²) in [6.45, 7) is 3.66. The van der Waals surface area contributed by atoms with Crippen LogP contribution in [0.3, 0.4) is 0 Å². The van der Waals surface area contributed by atoms with Crippen molar-refractivity contribution in [2.45, 2.75) is 13.8 Å². The van der Waals surface area contributed by atoms with E-state index in [4.69, 9.17) is 0 Å². The van der Waals surface area contributed by atoms with Crippen LogP contribution in [0.25, 0.3) is 22.5 Å². The first-order valence-corrected chi connectivity index (χ1v) is 6.76. The lowest BCUT2D eigenvalue weighted by atomic mass is 10.0. The van der Waals surface area contributed by atoms with Gasteiger partial charge in [-0.2, -0.15) is 0 Å².